The first-order valence-electron chi connectivity index (χ1n) is 11.8. The summed E-state index contributed by atoms with van der Waals surface area (Å²) in [7, 11) is 0. The fourth-order valence-corrected chi connectivity index (χ4v) is 6.00. The van der Waals surface area contributed by atoms with E-state index in [-0.39, 0.29) is 11.5 Å². The summed E-state index contributed by atoms with van der Waals surface area (Å²) < 4.78 is 0. The Hall–Kier alpha value is -1.42. The van der Waals surface area contributed by atoms with Crippen LogP contribution in [0, 0.1) is 23.2 Å². The van der Waals surface area contributed by atoms with Crippen LogP contribution in [0.4, 0.5) is 0 Å². The number of hydrogen-bond donors (Lipinski definition) is 3. The third-order valence-corrected chi connectivity index (χ3v) is 8.07. The Bertz CT molecular complexity index is 797. The highest BCUT2D eigenvalue weighted by molar-refractivity contribution is 5.40. The van der Waals surface area contributed by atoms with E-state index in [9.17, 15) is 15.3 Å². The molecular formula is C27H38O3. The van der Waals surface area contributed by atoms with Crippen molar-refractivity contribution in [1.82, 2.24) is 0 Å². The van der Waals surface area contributed by atoms with E-state index in [0.29, 0.717) is 30.6 Å². The van der Waals surface area contributed by atoms with Gasteiger partial charge < -0.3 is 15.3 Å². The molecule has 0 aromatic carbocycles. The van der Waals surface area contributed by atoms with E-state index in [1.54, 1.807) is 0 Å². The van der Waals surface area contributed by atoms with Crippen molar-refractivity contribution in [2.75, 3.05) is 0 Å². The molecule has 6 atom stereocenters. The van der Waals surface area contributed by atoms with Crippen molar-refractivity contribution in [1.29, 1.82) is 0 Å². The quantitative estimate of drug-likeness (QED) is 0.558. The lowest BCUT2D eigenvalue weighted by Crippen LogP contribution is -2.32. The van der Waals surface area contributed by atoms with Crippen LogP contribution in [-0.4, -0.2) is 33.6 Å². The number of fused-ring (bicyclic) bond motifs is 1. The fourth-order valence-electron chi connectivity index (χ4n) is 6.00. The minimum absolute atomic E-state index is 0.180. The summed E-state index contributed by atoms with van der Waals surface area (Å²) >= 11 is 0. The summed E-state index contributed by atoms with van der Waals surface area (Å²) in [6, 6.07) is 0. The second kappa shape index (κ2) is 8.61. The minimum atomic E-state index is -0.631. The van der Waals surface area contributed by atoms with Crippen LogP contribution in [0.3, 0.4) is 0 Å². The lowest BCUT2D eigenvalue weighted by Gasteiger charge is -2.42. The molecule has 0 aromatic heterocycles. The van der Waals surface area contributed by atoms with Crippen molar-refractivity contribution < 1.29 is 15.3 Å². The zero-order valence-electron chi connectivity index (χ0n) is 18.6. The highest BCUT2D eigenvalue weighted by atomic mass is 16.3. The van der Waals surface area contributed by atoms with Crippen LogP contribution in [0.15, 0.2) is 59.3 Å². The molecule has 3 nitrogen and oxygen atoms in total. The largest absolute Gasteiger partial charge is 0.393 e. The van der Waals surface area contributed by atoms with Gasteiger partial charge in [-0.05, 0) is 79.3 Å². The standard InChI is InChI=1S/C27H38O3/c1-17(6-13-25(29)20-8-9-20)23-11-12-24-19(5-4-14-27(23,24)3)7-10-21-15-22(28)16-26(30)18(21)2/h6-7,10-11,13,17,20,22,24-26,28-30H,2,4-5,8-9,12,14-16H2,1,3H3/b13-6+,19-7+,21-10-/t17-,22-,24+,25-,26+,27-/m1/s1. The van der Waals surface area contributed by atoms with Gasteiger partial charge in [-0.3, -0.25) is 0 Å². The Morgan fingerprint density at radius 1 is 1.20 bits per heavy atom. The predicted molar refractivity (Wildman–Crippen MR) is 122 cm³/mol. The molecule has 0 bridgehead atoms. The van der Waals surface area contributed by atoms with Crippen LogP contribution >= 0.6 is 0 Å². The van der Waals surface area contributed by atoms with Crippen LogP contribution in [0.1, 0.15) is 65.2 Å². The average Bonchev–Trinajstić information content (AvgIpc) is 3.49. The first kappa shape index (κ1) is 21.8. The third kappa shape index (κ3) is 4.30. The smallest absolute Gasteiger partial charge is 0.0811 e. The Balaban J connectivity index is 1.49. The third-order valence-electron chi connectivity index (χ3n) is 8.07. The molecule has 30 heavy (non-hydrogen) atoms. The van der Waals surface area contributed by atoms with Crippen molar-refractivity contribution in [2.45, 2.75) is 83.5 Å². The van der Waals surface area contributed by atoms with Gasteiger partial charge in [0.15, 0.2) is 0 Å². The monoisotopic (exact) mass is 410 g/mol. The summed E-state index contributed by atoms with van der Waals surface area (Å²) in [6.45, 7) is 8.73. The average molecular weight is 411 g/mol. The van der Waals surface area contributed by atoms with Gasteiger partial charge in [0, 0.05) is 6.42 Å². The molecule has 0 aromatic rings. The molecule has 4 rings (SSSR count). The molecule has 3 N–H and O–H groups in total. The van der Waals surface area contributed by atoms with E-state index < -0.39 is 12.2 Å². The number of aliphatic hydroxyl groups excluding tert-OH is 3. The highest BCUT2D eigenvalue weighted by Crippen LogP contribution is 2.56. The van der Waals surface area contributed by atoms with Crippen LogP contribution < -0.4 is 0 Å². The summed E-state index contributed by atoms with van der Waals surface area (Å²) in [4.78, 5) is 0. The number of aliphatic hydroxyl groups is 3. The molecule has 0 unspecified atom stereocenters. The van der Waals surface area contributed by atoms with Gasteiger partial charge in [-0.15, -0.1) is 0 Å². The van der Waals surface area contributed by atoms with Gasteiger partial charge in [-0.1, -0.05) is 62.0 Å². The van der Waals surface area contributed by atoms with Crippen LogP contribution in [-0.2, 0) is 0 Å². The van der Waals surface area contributed by atoms with Gasteiger partial charge in [0.2, 0.25) is 0 Å². The summed E-state index contributed by atoms with van der Waals surface area (Å²) in [6.07, 6.45) is 17.5. The van der Waals surface area contributed by atoms with Gasteiger partial charge >= 0.3 is 0 Å². The van der Waals surface area contributed by atoms with E-state index in [1.165, 1.54) is 24.0 Å². The first-order valence-corrected chi connectivity index (χ1v) is 11.8. The van der Waals surface area contributed by atoms with E-state index >= 15 is 0 Å². The molecule has 3 saturated carbocycles. The minimum Gasteiger partial charge on any atom is -0.393 e. The number of rotatable bonds is 5. The van der Waals surface area contributed by atoms with E-state index in [2.05, 4.69) is 44.7 Å². The maximum absolute atomic E-state index is 10.2. The van der Waals surface area contributed by atoms with Crippen molar-refractivity contribution in [3.63, 3.8) is 0 Å². The zero-order chi connectivity index (χ0) is 21.5. The normalized spacial score (nSPS) is 39.4. The summed E-state index contributed by atoms with van der Waals surface area (Å²) in [5.74, 6) is 1.36. The lowest BCUT2D eigenvalue weighted by atomic mass is 9.62. The molecule has 3 heteroatoms. The Kier molecular flexibility index (Phi) is 6.25. The highest BCUT2D eigenvalue weighted by Gasteiger charge is 2.45. The summed E-state index contributed by atoms with van der Waals surface area (Å²) in [5.41, 5.74) is 4.93. The second-order valence-electron chi connectivity index (χ2n) is 10.3. The molecule has 4 aliphatic carbocycles. The van der Waals surface area contributed by atoms with Crippen LogP contribution in [0.25, 0.3) is 0 Å². The van der Waals surface area contributed by atoms with Crippen molar-refractivity contribution in [3.05, 3.63) is 59.3 Å². The SMILES string of the molecule is C=C1/C(=C\C=C2/CCC[C@]3(C)C([C@H](C)/C=C/[C@@H](O)C4CC4)=CC[C@@H]23)C[C@@H](O)C[C@@H]1O. The molecule has 0 saturated heterocycles. The maximum atomic E-state index is 10.2. The molecule has 4 aliphatic rings. The molecule has 3 fully saturated rings. The van der Waals surface area contributed by atoms with E-state index in [0.717, 1.165) is 36.8 Å². The Morgan fingerprint density at radius 3 is 2.70 bits per heavy atom. The number of allylic oxidation sites excluding steroid dienone is 6. The van der Waals surface area contributed by atoms with Gasteiger partial charge in [0.1, 0.15) is 0 Å². The first-order chi connectivity index (χ1) is 14.3. The summed E-state index contributed by atoms with van der Waals surface area (Å²) in [5, 5.41) is 30.3. The number of hydrogen-bond acceptors (Lipinski definition) is 3. The lowest BCUT2D eigenvalue weighted by molar-refractivity contribution is 0.0862. The molecule has 0 aliphatic heterocycles. The predicted octanol–water partition coefficient (Wildman–Crippen LogP) is 5.01. The molecule has 0 amide bonds. The van der Waals surface area contributed by atoms with Crippen molar-refractivity contribution in [2.24, 2.45) is 23.2 Å². The van der Waals surface area contributed by atoms with Gasteiger partial charge in [-0.2, -0.15) is 0 Å². The van der Waals surface area contributed by atoms with Crippen LogP contribution in [0.2, 0.25) is 0 Å². The van der Waals surface area contributed by atoms with Gasteiger partial charge in [0.25, 0.3) is 0 Å². The zero-order valence-corrected chi connectivity index (χ0v) is 18.6. The Labute approximate surface area is 181 Å². The van der Waals surface area contributed by atoms with Gasteiger partial charge in [0.05, 0.1) is 18.3 Å². The van der Waals surface area contributed by atoms with E-state index in [4.69, 9.17) is 0 Å². The van der Waals surface area contributed by atoms with Crippen molar-refractivity contribution in [3.8, 4) is 0 Å². The topological polar surface area (TPSA) is 60.7 Å². The van der Waals surface area contributed by atoms with Gasteiger partial charge in [-0.25, -0.2) is 0 Å². The molecule has 0 radical (unpaired) electrons. The van der Waals surface area contributed by atoms with E-state index in [1.807, 2.05) is 6.08 Å². The van der Waals surface area contributed by atoms with Crippen molar-refractivity contribution >= 4 is 0 Å². The van der Waals surface area contributed by atoms with Crippen LogP contribution in [0.5, 0.6) is 0 Å². The molecule has 0 spiro atoms. The maximum Gasteiger partial charge on any atom is 0.0811 e. The Morgan fingerprint density at radius 2 is 1.97 bits per heavy atom. The fraction of sp³-hybridized carbons (Fsp3) is 0.630. The second-order valence-corrected chi connectivity index (χ2v) is 10.3. The molecule has 0 heterocycles. The molecular weight excluding hydrogens is 372 g/mol. The molecule has 164 valence electrons.